The van der Waals surface area contributed by atoms with Crippen molar-refractivity contribution in [2.24, 2.45) is 14.1 Å². The molecule has 0 atom stereocenters. The van der Waals surface area contributed by atoms with Crippen LogP contribution in [0.1, 0.15) is 6.92 Å². The van der Waals surface area contributed by atoms with E-state index in [1.807, 2.05) is 47.6 Å². The van der Waals surface area contributed by atoms with Gasteiger partial charge in [0.25, 0.3) is 5.56 Å². The molecule has 0 saturated carbocycles. The molecule has 2 aromatic carbocycles. The molecule has 3 heterocycles. The van der Waals surface area contributed by atoms with Gasteiger partial charge in [0.05, 0.1) is 16.8 Å². The maximum absolute atomic E-state index is 14.6. The maximum atomic E-state index is 14.6. The van der Waals surface area contributed by atoms with Crippen LogP contribution in [0.4, 0.5) is 4.39 Å². The van der Waals surface area contributed by atoms with Gasteiger partial charge in [0.2, 0.25) is 0 Å². The summed E-state index contributed by atoms with van der Waals surface area (Å²) in [6, 6.07) is 14.3. The van der Waals surface area contributed by atoms with Gasteiger partial charge in [-0.15, -0.1) is 0 Å². The van der Waals surface area contributed by atoms with Crippen LogP contribution < -0.4 is 5.56 Å². The Kier molecular flexibility index (Phi) is 4.48. The highest BCUT2D eigenvalue weighted by Gasteiger charge is 2.18. The first kappa shape index (κ1) is 19.6. The van der Waals surface area contributed by atoms with Crippen molar-refractivity contribution in [1.82, 2.24) is 18.9 Å². The predicted octanol–water partition coefficient (Wildman–Crippen LogP) is 5.37. The lowest BCUT2D eigenvalue weighted by atomic mass is 10.0. The molecular weight excluding hydrogens is 415 g/mol. The number of fused-ring (bicyclic) bond motifs is 3. The van der Waals surface area contributed by atoms with Crippen molar-refractivity contribution < 1.29 is 4.39 Å². The quantitative estimate of drug-likeness (QED) is 0.383. The Morgan fingerprint density at radius 1 is 0.968 bits per heavy atom. The zero-order valence-electron chi connectivity index (χ0n) is 17.4. The van der Waals surface area contributed by atoms with Gasteiger partial charge in [-0.2, -0.15) is 5.10 Å². The molecule has 0 radical (unpaired) electrons. The summed E-state index contributed by atoms with van der Waals surface area (Å²) in [5.41, 5.74) is 3.90. The molecule has 156 valence electrons. The largest absolute Gasteiger partial charge is 0.330 e. The molecule has 0 aliphatic rings. The monoisotopic (exact) mass is 434 g/mol. The van der Waals surface area contributed by atoms with E-state index in [0.717, 1.165) is 39.7 Å². The second-order valence-electron chi connectivity index (χ2n) is 7.63. The fraction of sp³-hybridized carbons (Fsp3) is 0.167. The van der Waals surface area contributed by atoms with Crippen LogP contribution in [-0.4, -0.2) is 18.9 Å². The third-order valence-electron chi connectivity index (χ3n) is 5.83. The van der Waals surface area contributed by atoms with Crippen molar-refractivity contribution in [2.45, 2.75) is 13.5 Å². The highest BCUT2D eigenvalue weighted by molar-refractivity contribution is 6.30. The summed E-state index contributed by atoms with van der Waals surface area (Å²) < 4.78 is 20.1. The zero-order chi connectivity index (χ0) is 21.9. The Morgan fingerprint density at radius 3 is 2.48 bits per heavy atom. The van der Waals surface area contributed by atoms with Gasteiger partial charge in [-0.05, 0) is 49.4 Å². The third kappa shape index (κ3) is 2.98. The van der Waals surface area contributed by atoms with Crippen molar-refractivity contribution >= 4 is 33.5 Å². The van der Waals surface area contributed by atoms with Gasteiger partial charge in [0.1, 0.15) is 11.5 Å². The van der Waals surface area contributed by atoms with Crippen molar-refractivity contribution in [3.05, 3.63) is 75.9 Å². The van der Waals surface area contributed by atoms with E-state index >= 15 is 0 Å². The predicted molar refractivity (Wildman–Crippen MR) is 123 cm³/mol. The van der Waals surface area contributed by atoms with Crippen LogP contribution >= 0.6 is 11.6 Å². The fourth-order valence-corrected chi connectivity index (χ4v) is 4.40. The Labute approximate surface area is 182 Å². The zero-order valence-corrected chi connectivity index (χ0v) is 18.1. The molecule has 0 bridgehead atoms. The first-order valence-electron chi connectivity index (χ1n) is 10.0. The number of aromatic nitrogens is 4. The topological polar surface area (TPSA) is 44.8 Å². The molecular formula is C24H20ClFN4O. The molecule has 31 heavy (non-hydrogen) atoms. The van der Waals surface area contributed by atoms with Crippen LogP contribution in [-0.2, 0) is 20.6 Å². The summed E-state index contributed by atoms with van der Waals surface area (Å²) >= 11 is 5.91. The first-order valence-corrected chi connectivity index (χ1v) is 10.4. The maximum Gasteiger partial charge on any atom is 0.259 e. The van der Waals surface area contributed by atoms with Gasteiger partial charge >= 0.3 is 0 Å². The summed E-state index contributed by atoms with van der Waals surface area (Å²) in [4.78, 5) is 13.1. The molecule has 7 heteroatoms. The van der Waals surface area contributed by atoms with Gasteiger partial charge in [0, 0.05) is 53.8 Å². The van der Waals surface area contributed by atoms with E-state index in [9.17, 15) is 9.18 Å². The Balaban J connectivity index is 1.82. The van der Waals surface area contributed by atoms with E-state index in [1.165, 1.54) is 6.07 Å². The van der Waals surface area contributed by atoms with Crippen LogP contribution in [0, 0.1) is 5.82 Å². The van der Waals surface area contributed by atoms with E-state index in [2.05, 4.69) is 11.2 Å². The molecule has 0 amide bonds. The minimum absolute atomic E-state index is 0.238. The number of aryl methyl sites for hydroxylation is 3. The van der Waals surface area contributed by atoms with E-state index in [4.69, 9.17) is 11.6 Å². The minimum Gasteiger partial charge on any atom is -0.330 e. The number of hydrogen-bond donors (Lipinski definition) is 0. The second kappa shape index (κ2) is 7.10. The van der Waals surface area contributed by atoms with Crippen molar-refractivity contribution in [3.63, 3.8) is 0 Å². The number of pyridine rings is 1. The Morgan fingerprint density at radius 2 is 1.77 bits per heavy atom. The smallest absolute Gasteiger partial charge is 0.259 e. The number of rotatable bonds is 3. The second-order valence-corrected chi connectivity index (χ2v) is 8.07. The first-order chi connectivity index (χ1) is 14.9. The van der Waals surface area contributed by atoms with E-state index < -0.39 is 5.82 Å². The number of nitrogens with zero attached hydrogens (tertiary/aromatic N) is 4. The van der Waals surface area contributed by atoms with Gasteiger partial charge in [-0.25, -0.2) is 4.39 Å². The van der Waals surface area contributed by atoms with Crippen LogP contribution in [0.25, 0.3) is 44.3 Å². The standard InChI is InChI=1S/C24H20ClFN4O/c1-4-30-10-9-21(27-30)14-5-8-22-17(11-14)18-13-19(16-7-6-15(25)12-20(16)26)24(31)29(3)23(18)28(22)2/h5-13H,4H2,1-3H3. The lowest BCUT2D eigenvalue weighted by Gasteiger charge is -2.09. The number of benzene rings is 2. The van der Waals surface area contributed by atoms with Crippen molar-refractivity contribution in [3.8, 4) is 22.4 Å². The number of halogens is 2. The highest BCUT2D eigenvalue weighted by Crippen LogP contribution is 2.33. The average Bonchev–Trinajstić information content (AvgIpc) is 3.34. The summed E-state index contributed by atoms with van der Waals surface area (Å²) in [5, 5.41) is 6.75. The summed E-state index contributed by atoms with van der Waals surface area (Å²) in [7, 11) is 3.64. The summed E-state index contributed by atoms with van der Waals surface area (Å²) in [6.07, 6.45) is 1.95. The Hall–Kier alpha value is -3.38. The molecule has 0 aliphatic carbocycles. The SMILES string of the molecule is CCn1ccc(-c2ccc3c(c2)c2cc(-c4ccc(Cl)cc4F)c(=O)n(C)c2n3C)n1. The van der Waals surface area contributed by atoms with Gasteiger partial charge in [-0.1, -0.05) is 17.7 Å². The molecule has 0 saturated heterocycles. The Bertz CT molecular complexity index is 1540. The van der Waals surface area contributed by atoms with E-state index in [0.29, 0.717) is 10.6 Å². The lowest BCUT2D eigenvalue weighted by molar-refractivity contribution is 0.631. The number of hydrogen-bond acceptors (Lipinski definition) is 2. The van der Waals surface area contributed by atoms with Gasteiger partial charge in [-0.3, -0.25) is 14.0 Å². The molecule has 5 rings (SSSR count). The summed E-state index contributed by atoms with van der Waals surface area (Å²) in [5.74, 6) is -0.519. The molecule has 0 fully saturated rings. The van der Waals surface area contributed by atoms with Crippen LogP contribution in [0.5, 0.6) is 0 Å². The summed E-state index contributed by atoms with van der Waals surface area (Å²) in [6.45, 7) is 2.84. The van der Waals surface area contributed by atoms with Crippen LogP contribution in [0.15, 0.2) is 59.5 Å². The van der Waals surface area contributed by atoms with Gasteiger partial charge < -0.3 is 4.57 Å². The van der Waals surface area contributed by atoms with Crippen LogP contribution in [0.2, 0.25) is 5.02 Å². The molecule has 5 aromatic rings. The molecule has 0 spiro atoms. The molecule has 3 aromatic heterocycles. The highest BCUT2D eigenvalue weighted by atomic mass is 35.5. The van der Waals surface area contributed by atoms with Crippen molar-refractivity contribution in [2.75, 3.05) is 0 Å². The molecule has 0 N–H and O–H groups in total. The molecule has 5 nitrogen and oxygen atoms in total. The van der Waals surface area contributed by atoms with Crippen LogP contribution in [0.3, 0.4) is 0 Å². The van der Waals surface area contributed by atoms with Crippen molar-refractivity contribution in [1.29, 1.82) is 0 Å². The average molecular weight is 435 g/mol. The normalized spacial score (nSPS) is 11.6. The molecule has 0 aliphatic heterocycles. The lowest BCUT2D eigenvalue weighted by Crippen LogP contribution is -2.20. The fourth-order valence-electron chi connectivity index (χ4n) is 4.24. The van der Waals surface area contributed by atoms with Gasteiger partial charge in [0.15, 0.2) is 0 Å². The van der Waals surface area contributed by atoms with E-state index in [-0.39, 0.29) is 11.1 Å². The van der Waals surface area contributed by atoms with E-state index in [1.54, 1.807) is 29.8 Å². The molecule has 0 unspecified atom stereocenters. The minimum atomic E-state index is -0.519. The third-order valence-corrected chi connectivity index (χ3v) is 6.06.